The fourth-order valence-electron chi connectivity index (χ4n) is 2.07. The fourth-order valence-corrected chi connectivity index (χ4v) is 2.07. The zero-order valence-corrected chi connectivity index (χ0v) is 10.7. The Morgan fingerprint density at radius 2 is 2.00 bits per heavy atom. The molecule has 2 nitrogen and oxygen atoms in total. The van der Waals surface area contributed by atoms with Crippen LogP contribution in [0.2, 0.25) is 0 Å². The van der Waals surface area contributed by atoms with Gasteiger partial charge in [0, 0.05) is 12.6 Å². The molecule has 1 aromatic rings. The minimum atomic E-state index is 0.354. The molecule has 0 aliphatic heterocycles. The van der Waals surface area contributed by atoms with Crippen molar-refractivity contribution >= 4 is 0 Å². The lowest BCUT2D eigenvalue weighted by atomic mass is 10.00. The number of unbranched alkanes of at least 4 members (excludes halogenated alkanes) is 1. The van der Waals surface area contributed by atoms with Gasteiger partial charge >= 0.3 is 0 Å². The van der Waals surface area contributed by atoms with Crippen LogP contribution in [0, 0.1) is 6.92 Å². The Labute approximate surface area is 99.5 Å². The molecule has 2 N–H and O–H groups in total. The van der Waals surface area contributed by atoms with E-state index in [1.807, 2.05) is 0 Å². The van der Waals surface area contributed by atoms with E-state index >= 15 is 0 Å². The molecule has 90 valence electrons. The summed E-state index contributed by atoms with van der Waals surface area (Å²) >= 11 is 0. The number of aryl methyl sites for hydroxylation is 1. The molecule has 0 aliphatic rings. The highest BCUT2D eigenvalue weighted by molar-refractivity contribution is 5.29. The Kier molecular flexibility index (Phi) is 5.50. The van der Waals surface area contributed by atoms with E-state index in [1.54, 1.807) is 0 Å². The molecule has 0 amide bonds. The van der Waals surface area contributed by atoms with E-state index in [1.165, 1.54) is 24.0 Å². The summed E-state index contributed by atoms with van der Waals surface area (Å²) in [4.78, 5) is 2.37. The van der Waals surface area contributed by atoms with Gasteiger partial charge in [0.15, 0.2) is 0 Å². The van der Waals surface area contributed by atoms with Gasteiger partial charge in [-0.2, -0.15) is 0 Å². The highest BCUT2D eigenvalue weighted by Gasteiger charge is 2.16. The van der Waals surface area contributed by atoms with Crippen LogP contribution in [0.3, 0.4) is 0 Å². The number of benzene rings is 1. The van der Waals surface area contributed by atoms with E-state index in [0.717, 1.165) is 6.54 Å². The quantitative estimate of drug-likeness (QED) is 0.798. The Morgan fingerprint density at radius 3 is 2.56 bits per heavy atom. The third-order valence-electron chi connectivity index (χ3n) is 3.17. The lowest BCUT2D eigenvalue weighted by Crippen LogP contribution is -2.31. The first-order chi connectivity index (χ1) is 7.70. The maximum atomic E-state index is 5.90. The van der Waals surface area contributed by atoms with Gasteiger partial charge in [-0.1, -0.05) is 37.6 Å². The third-order valence-corrected chi connectivity index (χ3v) is 3.17. The van der Waals surface area contributed by atoms with Crippen molar-refractivity contribution in [2.75, 3.05) is 20.1 Å². The van der Waals surface area contributed by atoms with E-state index in [2.05, 4.69) is 50.1 Å². The van der Waals surface area contributed by atoms with Crippen molar-refractivity contribution in [2.45, 2.75) is 32.7 Å². The van der Waals surface area contributed by atoms with Gasteiger partial charge in [0.2, 0.25) is 0 Å². The molecule has 16 heavy (non-hydrogen) atoms. The van der Waals surface area contributed by atoms with Crippen LogP contribution in [0.5, 0.6) is 0 Å². The van der Waals surface area contributed by atoms with Gasteiger partial charge in [0.05, 0.1) is 0 Å². The number of nitrogens with two attached hydrogens (primary N) is 1. The first-order valence-corrected chi connectivity index (χ1v) is 6.16. The zero-order valence-electron chi connectivity index (χ0n) is 10.7. The zero-order chi connectivity index (χ0) is 12.0. The lowest BCUT2D eigenvalue weighted by molar-refractivity contribution is 0.246. The Balaban J connectivity index is 2.77. The second-order valence-corrected chi connectivity index (χ2v) is 4.44. The van der Waals surface area contributed by atoms with Gasteiger partial charge < -0.3 is 5.73 Å². The summed E-state index contributed by atoms with van der Waals surface area (Å²) in [6.45, 7) is 6.18. The summed E-state index contributed by atoms with van der Waals surface area (Å²) in [5.74, 6) is 0. The van der Waals surface area contributed by atoms with E-state index in [0.29, 0.717) is 12.6 Å². The third kappa shape index (κ3) is 3.32. The molecule has 0 saturated carbocycles. The molecule has 0 radical (unpaired) electrons. The summed E-state index contributed by atoms with van der Waals surface area (Å²) in [5.41, 5.74) is 8.60. The van der Waals surface area contributed by atoms with Crippen LogP contribution < -0.4 is 5.73 Å². The first-order valence-electron chi connectivity index (χ1n) is 6.16. The predicted octanol–water partition coefficient (Wildman–Crippen LogP) is 2.73. The smallest absolute Gasteiger partial charge is 0.0470 e. The average molecular weight is 220 g/mol. The molecule has 1 unspecified atom stereocenters. The lowest BCUT2D eigenvalue weighted by Gasteiger charge is -2.28. The van der Waals surface area contributed by atoms with Crippen LogP contribution in [0.15, 0.2) is 24.3 Å². The number of rotatable bonds is 6. The maximum absolute atomic E-state index is 5.90. The first kappa shape index (κ1) is 13.2. The molecule has 1 aromatic carbocycles. The van der Waals surface area contributed by atoms with Gasteiger partial charge in [0.1, 0.15) is 0 Å². The maximum Gasteiger partial charge on any atom is 0.0470 e. The van der Waals surface area contributed by atoms with Gasteiger partial charge in [0.25, 0.3) is 0 Å². The summed E-state index contributed by atoms with van der Waals surface area (Å²) in [6, 6.07) is 8.88. The molecular formula is C14H24N2. The van der Waals surface area contributed by atoms with Crippen LogP contribution in [0.25, 0.3) is 0 Å². The average Bonchev–Trinajstić information content (AvgIpc) is 2.30. The predicted molar refractivity (Wildman–Crippen MR) is 70.5 cm³/mol. The van der Waals surface area contributed by atoms with Crippen LogP contribution in [0.4, 0.5) is 0 Å². The molecule has 0 fully saturated rings. The second-order valence-electron chi connectivity index (χ2n) is 4.44. The number of likely N-dealkylation sites (N-methyl/N-ethyl adjacent to an activating group) is 1. The molecule has 0 spiro atoms. The van der Waals surface area contributed by atoms with Gasteiger partial charge in [-0.05, 0) is 38.1 Å². The molecule has 0 aliphatic carbocycles. The van der Waals surface area contributed by atoms with E-state index in [4.69, 9.17) is 5.73 Å². The van der Waals surface area contributed by atoms with Crippen molar-refractivity contribution in [3.63, 3.8) is 0 Å². The highest BCUT2D eigenvalue weighted by Crippen LogP contribution is 2.21. The van der Waals surface area contributed by atoms with Crippen LogP contribution in [-0.4, -0.2) is 25.0 Å². The monoisotopic (exact) mass is 220 g/mol. The number of hydrogen-bond donors (Lipinski definition) is 1. The molecule has 0 aromatic heterocycles. The highest BCUT2D eigenvalue weighted by atomic mass is 15.1. The van der Waals surface area contributed by atoms with Crippen molar-refractivity contribution < 1.29 is 0 Å². The molecule has 1 atom stereocenters. The topological polar surface area (TPSA) is 29.3 Å². The Hall–Kier alpha value is -0.860. The largest absolute Gasteiger partial charge is 0.329 e. The van der Waals surface area contributed by atoms with E-state index < -0.39 is 0 Å². The van der Waals surface area contributed by atoms with Crippen LogP contribution >= 0.6 is 0 Å². The van der Waals surface area contributed by atoms with Crippen molar-refractivity contribution in [2.24, 2.45) is 5.73 Å². The van der Waals surface area contributed by atoms with Gasteiger partial charge in [-0.15, -0.1) is 0 Å². The second kappa shape index (κ2) is 6.66. The van der Waals surface area contributed by atoms with E-state index in [-0.39, 0.29) is 0 Å². The van der Waals surface area contributed by atoms with Crippen LogP contribution in [-0.2, 0) is 0 Å². The molecular weight excluding hydrogens is 196 g/mol. The molecule has 0 saturated heterocycles. The van der Waals surface area contributed by atoms with Crippen molar-refractivity contribution in [1.82, 2.24) is 4.90 Å². The molecule has 0 heterocycles. The summed E-state index contributed by atoms with van der Waals surface area (Å²) in [6.07, 6.45) is 2.47. The van der Waals surface area contributed by atoms with Gasteiger partial charge in [-0.25, -0.2) is 0 Å². The summed E-state index contributed by atoms with van der Waals surface area (Å²) in [7, 11) is 2.17. The van der Waals surface area contributed by atoms with E-state index in [9.17, 15) is 0 Å². The van der Waals surface area contributed by atoms with Crippen molar-refractivity contribution in [3.05, 3.63) is 35.4 Å². The number of nitrogens with zero attached hydrogens (tertiary/aromatic N) is 1. The normalized spacial score (nSPS) is 13.1. The molecule has 1 rings (SSSR count). The fraction of sp³-hybridized carbons (Fsp3) is 0.571. The molecule has 0 bridgehead atoms. The minimum absolute atomic E-state index is 0.354. The Morgan fingerprint density at radius 1 is 1.31 bits per heavy atom. The SMILES string of the molecule is CCCCN(C)C(CN)c1ccccc1C. The molecule has 2 heteroatoms. The number of hydrogen-bond acceptors (Lipinski definition) is 2. The van der Waals surface area contributed by atoms with Crippen molar-refractivity contribution in [1.29, 1.82) is 0 Å². The van der Waals surface area contributed by atoms with Crippen molar-refractivity contribution in [3.8, 4) is 0 Å². The summed E-state index contributed by atoms with van der Waals surface area (Å²) < 4.78 is 0. The summed E-state index contributed by atoms with van der Waals surface area (Å²) in [5, 5.41) is 0. The van der Waals surface area contributed by atoms with Gasteiger partial charge in [-0.3, -0.25) is 4.90 Å². The minimum Gasteiger partial charge on any atom is -0.329 e. The van der Waals surface area contributed by atoms with Crippen LogP contribution in [0.1, 0.15) is 36.9 Å². The standard InChI is InChI=1S/C14H24N2/c1-4-5-10-16(3)14(11-15)13-9-7-6-8-12(13)2/h6-9,14H,4-5,10-11,15H2,1-3H3. The Bertz CT molecular complexity index is 309.